The van der Waals surface area contributed by atoms with E-state index in [4.69, 9.17) is 25.9 Å². The Morgan fingerprint density at radius 1 is 0.918 bits per heavy atom. The summed E-state index contributed by atoms with van der Waals surface area (Å²) in [6.07, 6.45) is -0.904. The molecule has 0 bridgehead atoms. The summed E-state index contributed by atoms with van der Waals surface area (Å²) in [7, 11) is -5.15. The summed E-state index contributed by atoms with van der Waals surface area (Å²) >= 11 is 7.74. The first-order valence-corrected chi connectivity index (χ1v) is 20.8. The number of benzene rings is 3. The average molecular weight is 904 g/mol. The van der Waals surface area contributed by atoms with Crippen LogP contribution in [-0.4, -0.2) is 79.3 Å². The summed E-state index contributed by atoms with van der Waals surface area (Å²) in [5.41, 5.74) is -7.00. The molecule has 322 valence electrons. The molecule has 2 amide bonds. The normalized spacial score (nSPS) is 17.1. The fourth-order valence-electron chi connectivity index (χ4n) is 6.64. The van der Waals surface area contributed by atoms with Gasteiger partial charge in [0.05, 0.1) is 11.5 Å². The fourth-order valence-corrected chi connectivity index (χ4v) is 8.26. The number of nitrogens with zero attached hydrogens (tertiary/aromatic N) is 3. The number of anilines is 1. The Bertz CT molecular complexity index is 2380. The Morgan fingerprint density at radius 3 is 1.95 bits per heavy atom. The van der Waals surface area contributed by atoms with Gasteiger partial charge in [0.25, 0.3) is 11.8 Å². The highest BCUT2D eigenvalue weighted by Gasteiger charge is 2.57. The molecule has 2 aliphatic heterocycles. The van der Waals surface area contributed by atoms with Crippen LogP contribution < -0.4 is 10.6 Å². The highest BCUT2D eigenvalue weighted by atomic mass is 35.5. The van der Waals surface area contributed by atoms with Gasteiger partial charge in [-0.15, -0.1) is 0 Å². The minimum absolute atomic E-state index is 0.00329. The highest BCUT2D eigenvalue weighted by molar-refractivity contribution is 7.87. The summed E-state index contributed by atoms with van der Waals surface area (Å²) in [6, 6.07) is 26.2. The number of carbonyl (C=O) groups is 4. The zero-order valence-corrected chi connectivity index (χ0v) is 35.1. The second kappa shape index (κ2) is 17.5. The van der Waals surface area contributed by atoms with Crippen molar-refractivity contribution < 1.29 is 59.3 Å². The molecule has 0 unspecified atom stereocenters. The predicted molar refractivity (Wildman–Crippen MR) is 215 cm³/mol. The maximum Gasteiger partial charge on any atom is 0.534 e. The van der Waals surface area contributed by atoms with Gasteiger partial charge in [0.15, 0.2) is 22.3 Å². The lowest BCUT2D eigenvalue weighted by atomic mass is 9.77. The van der Waals surface area contributed by atoms with Crippen LogP contribution in [0.2, 0.25) is 4.34 Å². The van der Waals surface area contributed by atoms with Crippen LogP contribution in [0.5, 0.6) is 0 Å². The van der Waals surface area contributed by atoms with Crippen LogP contribution in [0.1, 0.15) is 56.0 Å². The van der Waals surface area contributed by atoms with Crippen molar-refractivity contribution >= 4 is 67.7 Å². The lowest BCUT2D eigenvalue weighted by Gasteiger charge is -2.49. The molecule has 2 atom stereocenters. The van der Waals surface area contributed by atoms with Crippen molar-refractivity contribution in [3.8, 4) is 0 Å². The van der Waals surface area contributed by atoms with E-state index in [2.05, 4.69) is 25.0 Å². The molecule has 0 saturated carbocycles. The summed E-state index contributed by atoms with van der Waals surface area (Å²) in [6.45, 7) is 3.47. The second-order valence-corrected chi connectivity index (χ2v) is 17.6. The van der Waals surface area contributed by atoms with Crippen molar-refractivity contribution in [1.29, 1.82) is 0 Å². The SMILES string of the molecule is CO/N=C(\C(=O)N[C@@H]1C(=O)N2C(C(=O)OCOC(=O)C(C)(C)C)=C(OS(=O)(=O)C(F)(F)F)CC[C@H]12)c1nc(NC(c2ccccc2)(c2ccccc2)c2ccccc2)sc1Cl. The van der Waals surface area contributed by atoms with Crippen LogP contribution in [0.15, 0.2) is 108 Å². The molecule has 0 spiro atoms. The van der Waals surface area contributed by atoms with Gasteiger partial charge >= 0.3 is 27.6 Å². The predicted octanol–water partition coefficient (Wildman–Crippen LogP) is 6.21. The van der Waals surface area contributed by atoms with Crippen LogP contribution in [0.4, 0.5) is 18.3 Å². The number of halogens is 4. The summed E-state index contributed by atoms with van der Waals surface area (Å²) in [4.78, 5) is 63.3. The number of oxime groups is 1. The molecule has 0 aliphatic carbocycles. The number of alkyl halides is 3. The van der Waals surface area contributed by atoms with Crippen LogP contribution in [0, 0.1) is 5.41 Å². The van der Waals surface area contributed by atoms with Gasteiger partial charge in [-0.2, -0.15) is 21.6 Å². The standard InChI is InChI=1S/C40H37ClF3N5O10S2/c1-38(2,3)36(53)58-22-57-35(52)31-27(59-61(54,55)40(42,43)44)21-20-26-28(34(51)49(26)31)45-33(50)30(48-56-4)29-32(41)60-37(46-29)47-39(23-14-8-5-9-15-23,24-16-10-6-11-17-24)25-18-12-7-13-19-25/h5-19,26,28H,20-22H2,1-4H3,(H,45,50)(H,46,47)/b48-30-/t26-,28+/m1/s1. The van der Waals surface area contributed by atoms with Crippen LogP contribution in [-0.2, 0) is 53.3 Å². The molecule has 0 radical (unpaired) electrons. The zero-order valence-electron chi connectivity index (χ0n) is 32.7. The van der Waals surface area contributed by atoms with E-state index in [9.17, 15) is 40.8 Å². The summed E-state index contributed by atoms with van der Waals surface area (Å²) in [5, 5.41) is 10.2. The Kier molecular flexibility index (Phi) is 12.8. The molecule has 2 N–H and O–H groups in total. The number of β-lactam (4-membered cyclic amide) rings is 1. The minimum atomic E-state index is -6.31. The van der Waals surface area contributed by atoms with E-state index in [0.29, 0.717) is 4.90 Å². The number of rotatable bonds is 14. The average Bonchev–Trinajstić information content (AvgIpc) is 3.59. The number of thiazole rings is 1. The Hall–Kier alpha value is -5.99. The molecule has 1 saturated heterocycles. The molecule has 3 heterocycles. The third kappa shape index (κ3) is 9.06. The first kappa shape index (κ1) is 44.6. The maximum absolute atomic E-state index is 13.9. The maximum atomic E-state index is 13.9. The quantitative estimate of drug-likeness (QED) is 0.0213. The van der Waals surface area contributed by atoms with Crippen LogP contribution in [0.3, 0.4) is 0 Å². The van der Waals surface area contributed by atoms with E-state index in [1.54, 1.807) is 0 Å². The van der Waals surface area contributed by atoms with Gasteiger partial charge < -0.3 is 29.1 Å². The van der Waals surface area contributed by atoms with Gasteiger partial charge in [0.2, 0.25) is 6.79 Å². The highest BCUT2D eigenvalue weighted by Crippen LogP contribution is 2.43. The number of nitrogens with one attached hydrogen (secondary N) is 2. The number of hydrogen-bond donors (Lipinski definition) is 2. The number of aromatic nitrogens is 1. The molecule has 6 rings (SSSR count). The van der Waals surface area contributed by atoms with Gasteiger partial charge in [-0.05, 0) is 43.9 Å². The van der Waals surface area contributed by atoms with Crippen molar-refractivity contribution in [2.45, 2.75) is 56.7 Å². The monoisotopic (exact) mass is 903 g/mol. The van der Waals surface area contributed by atoms with Gasteiger partial charge in [-0.1, -0.05) is 119 Å². The van der Waals surface area contributed by atoms with Crippen LogP contribution >= 0.6 is 22.9 Å². The van der Waals surface area contributed by atoms with Gasteiger partial charge in [0, 0.05) is 6.42 Å². The Morgan fingerprint density at radius 2 is 1.46 bits per heavy atom. The number of carbonyl (C=O) groups excluding carboxylic acids is 4. The number of fused-ring (bicyclic) bond motifs is 1. The molecule has 2 aliphatic rings. The molecule has 1 fully saturated rings. The number of esters is 2. The molecule has 4 aromatic rings. The number of amides is 2. The van der Waals surface area contributed by atoms with Crippen molar-refractivity contribution in [3.63, 3.8) is 0 Å². The zero-order chi connectivity index (χ0) is 44.3. The van der Waals surface area contributed by atoms with Gasteiger partial charge in [-0.3, -0.25) is 19.3 Å². The fraction of sp³-hybridized carbons (Fsp3) is 0.300. The van der Waals surface area contributed by atoms with E-state index < -0.39 is 92.8 Å². The lowest BCUT2D eigenvalue weighted by Crippen LogP contribution is -2.72. The topological polar surface area (TPSA) is 192 Å². The molecule has 61 heavy (non-hydrogen) atoms. The van der Waals surface area contributed by atoms with E-state index in [-0.39, 0.29) is 21.6 Å². The Labute approximate surface area is 356 Å². The molecular weight excluding hydrogens is 867 g/mol. The molecule has 21 heteroatoms. The van der Waals surface area contributed by atoms with Crippen molar-refractivity contribution in [2.75, 3.05) is 19.2 Å². The van der Waals surface area contributed by atoms with Crippen molar-refractivity contribution in [3.05, 3.63) is 129 Å². The van der Waals surface area contributed by atoms with E-state index in [0.717, 1.165) is 35.1 Å². The summed E-state index contributed by atoms with van der Waals surface area (Å²) in [5.74, 6) is -5.46. The van der Waals surface area contributed by atoms with Gasteiger partial charge in [-0.25, -0.2) is 9.78 Å². The third-order valence-electron chi connectivity index (χ3n) is 9.48. The minimum Gasteiger partial charge on any atom is -0.427 e. The number of hydrogen-bond acceptors (Lipinski definition) is 14. The first-order chi connectivity index (χ1) is 28.8. The molecule has 3 aromatic carbocycles. The van der Waals surface area contributed by atoms with Crippen molar-refractivity contribution in [2.24, 2.45) is 10.6 Å². The summed E-state index contributed by atoms with van der Waals surface area (Å²) < 4.78 is 78.1. The Balaban J connectivity index is 1.28. The lowest BCUT2D eigenvalue weighted by molar-refractivity contribution is -0.174. The van der Waals surface area contributed by atoms with Crippen molar-refractivity contribution in [1.82, 2.24) is 15.2 Å². The number of allylic oxidation sites excluding steroid dienone is 1. The van der Waals surface area contributed by atoms with Crippen LogP contribution in [0.25, 0.3) is 0 Å². The third-order valence-corrected chi connectivity index (χ3v) is 11.6. The van der Waals surface area contributed by atoms with E-state index in [1.165, 1.54) is 20.8 Å². The number of ether oxygens (including phenoxy) is 2. The smallest absolute Gasteiger partial charge is 0.427 e. The first-order valence-electron chi connectivity index (χ1n) is 18.2. The molecule has 1 aromatic heterocycles. The largest absolute Gasteiger partial charge is 0.534 e. The van der Waals surface area contributed by atoms with Gasteiger partial charge in [0.1, 0.15) is 28.7 Å². The second-order valence-electron chi connectivity index (χ2n) is 14.5. The van der Waals surface area contributed by atoms with E-state index in [1.807, 2.05) is 91.0 Å². The molecule has 15 nitrogen and oxygen atoms in total. The van der Waals surface area contributed by atoms with E-state index >= 15 is 0 Å². The molecular formula is C40H37ClF3N5O10S2.